The molecule has 7 heteroatoms. The van der Waals surface area contributed by atoms with Crippen LogP contribution in [-0.4, -0.2) is 32.9 Å². The maximum absolute atomic E-state index is 5.97. The molecule has 0 spiro atoms. The zero-order chi connectivity index (χ0) is 18.1. The third kappa shape index (κ3) is 3.06. The van der Waals surface area contributed by atoms with Gasteiger partial charge in [0.05, 0.1) is 0 Å². The van der Waals surface area contributed by atoms with Crippen LogP contribution in [0.5, 0.6) is 0 Å². The molecule has 0 bridgehead atoms. The van der Waals surface area contributed by atoms with Crippen molar-refractivity contribution in [2.45, 2.75) is 13.8 Å². The molecule has 0 aliphatic carbocycles. The van der Waals surface area contributed by atoms with Crippen LogP contribution in [-0.2, 0) is 0 Å². The molecular formula is C19H18ClN5S. The van der Waals surface area contributed by atoms with E-state index in [2.05, 4.69) is 53.2 Å². The topological polar surface area (TPSA) is 46.3 Å². The first-order valence-corrected chi connectivity index (χ1v) is 9.72. The summed E-state index contributed by atoms with van der Waals surface area (Å²) in [6, 6.07) is 16.1. The molecule has 0 radical (unpaired) electrons. The lowest BCUT2D eigenvalue weighted by atomic mass is 10.2. The van der Waals surface area contributed by atoms with Crippen LogP contribution in [0.3, 0.4) is 0 Å². The van der Waals surface area contributed by atoms with Gasteiger partial charge in [0.1, 0.15) is 5.01 Å². The van der Waals surface area contributed by atoms with E-state index >= 15 is 0 Å². The first kappa shape index (κ1) is 17.0. The maximum atomic E-state index is 5.97. The summed E-state index contributed by atoms with van der Waals surface area (Å²) in [5, 5.41) is 14.9. The second-order valence-corrected chi connectivity index (χ2v) is 7.24. The lowest BCUT2D eigenvalue weighted by molar-refractivity contribution is 0.866. The fourth-order valence-corrected chi connectivity index (χ4v) is 3.89. The van der Waals surface area contributed by atoms with Crippen molar-refractivity contribution in [3.63, 3.8) is 0 Å². The van der Waals surface area contributed by atoms with Crippen molar-refractivity contribution >= 4 is 33.6 Å². The summed E-state index contributed by atoms with van der Waals surface area (Å²) in [7, 11) is 0. The number of hydrogen-bond donors (Lipinski definition) is 0. The average Bonchev–Trinajstić information content (AvgIpc) is 3.25. The molecule has 4 aromatic rings. The minimum Gasteiger partial charge on any atom is -0.372 e. The standard InChI is InChI=1S/C19H18ClN5S/c1-3-24(4-2)16-11-7-14(8-12-16)18-23-25-17(21-22-19(25)26-18)13-5-9-15(20)10-6-13/h5-12H,3-4H2,1-2H3. The molecule has 0 fully saturated rings. The van der Waals surface area contributed by atoms with Crippen LogP contribution in [0.4, 0.5) is 5.69 Å². The van der Waals surface area contributed by atoms with Crippen molar-refractivity contribution in [3.05, 3.63) is 53.6 Å². The lowest BCUT2D eigenvalue weighted by Crippen LogP contribution is -2.21. The van der Waals surface area contributed by atoms with Crippen molar-refractivity contribution in [1.82, 2.24) is 19.8 Å². The molecule has 0 saturated carbocycles. The van der Waals surface area contributed by atoms with Crippen LogP contribution in [0.1, 0.15) is 13.8 Å². The average molecular weight is 384 g/mol. The second-order valence-electron chi connectivity index (χ2n) is 5.85. The van der Waals surface area contributed by atoms with Crippen LogP contribution in [0.15, 0.2) is 48.5 Å². The maximum Gasteiger partial charge on any atom is 0.235 e. The number of rotatable bonds is 5. The van der Waals surface area contributed by atoms with Crippen molar-refractivity contribution < 1.29 is 0 Å². The Morgan fingerprint density at radius 1 is 0.923 bits per heavy atom. The van der Waals surface area contributed by atoms with Gasteiger partial charge in [-0.1, -0.05) is 22.9 Å². The van der Waals surface area contributed by atoms with Crippen LogP contribution in [0, 0.1) is 0 Å². The molecule has 2 heterocycles. The number of fused-ring (bicyclic) bond motifs is 1. The number of hydrogen-bond acceptors (Lipinski definition) is 5. The van der Waals surface area contributed by atoms with E-state index in [-0.39, 0.29) is 0 Å². The van der Waals surface area contributed by atoms with Crippen molar-refractivity contribution in [1.29, 1.82) is 0 Å². The van der Waals surface area contributed by atoms with Gasteiger partial charge in [0, 0.05) is 34.9 Å². The van der Waals surface area contributed by atoms with E-state index in [0.29, 0.717) is 5.02 Å². The predicted molar refractivity (Wildman–Crippen MR) is 108 cm³/mol. The molecule has 0 N–H and O–H groups in total. The first-order valence-electron chi connectivity index (χ1n) is 8.53. The van der Waals surface area contributed by atoms with E-state index in [9.17, 15) is 0 Å². The van der Waals surface area contributed by atoms with Gasteiger partial charge in [-0.3, -0.25) is 0 Å². The van der Waals surface area contributed by atoms with E-state index in [4.69, 9.17) is 16.7 Å². The summed E-state index contributed by atoms with van der Waals surface area (Å²) in [6.45, 7) is 6.32. The third-order valence-corrected chi connectivity index (χ3v) is 5.54. The Labute approximate surface area is 160 Å². The molecule has 2 aromatic heterocycles. The Kier molecular flexibility index (Phi) is 4.61. The molecule has 0 unspecified atom stereocenters. The largest absolute Gasteiger partial charge is 0.372 e. The molecule has 132 valence electrons. The Hall–Kier alpha value is -2.44. The van der Waals surface area contributed by atoms with Crippen LogP contribution >= 0.6 is 22.9 Å². The van der Waals surface area contributed by atoms with E-state index < -0.39 is 0 Å². The number of benzene rings is 2. The molecule has 0 amide bonds. The molecule has 5 nitrogen and oxygen atoms in total. The summed E-state index contributed by atoms with van der Waals surface area (Å²) in [5.74, 6) is 0.721. The normalized spacial score (nSPS) is 11.2. The summed E-state index contributed by atoms with van der Waals surface area (Å²) < 4.78 is 1.79. The number of nitrogens with zero attached hydrogens (tertiary/aromatic N) is 5. The zero-order valence-electron chi connectivity index (χ0n) is 14.6. The third-order valence-electron chi connectivity index (χ3n) is 4.34. The van der Waals surface area contributed by atoms with E-state index in [1.54, 1.807) is 4.52 Å². The predicted octanol–water partition coefficient (Wildman–Crippen LogP) is 5.02. The molecule has 0 aliphatic heterocycles. The number of anilines is 1. The minimum atomic E-state index is 0.696. The van der Waals surface area contributed by atoms with Crippen molar-refractivity contribution in [2.24, 2.45) is 0 Å². The highest BCUT2D eigenvalue weighted by molar-refractivity contribution is 7.19. The number of halogens is 1. The minimum absolute atomic E-state index is 0.696. The smallest absolute Gasteiger partial charge is 0.235 e. The summed E-state index contributed by atoms with van der Waals surface area (Å²) in [5.41, 5.74) is 3.25. The van der Waals surface area contributed by atoms with Gasteiger partial charge in [-0.2, -0.15) is 9.61 Å². The molecular weight excluding hydrogens is 366 g/mol. The number of aromatic nitrogens is 4. The molecule has 0 saturated heterocycles. The monoisotopic (exact) mass is 383 g/mol. The van der Waals surface area contributed by atoms with Gasteiger partial charge in [-0.15, -0.1) is 10.2 Å². The van der Waals surface area contributed by atoms with Gasteiger partial charge in [0.15, 0.2) is 5.82 Å². The van der Waals surface area contributed by atoms with Gasteiger partial charge in [-0.25, -0.2) is 0 Å². The molecule has 2 aromatic carbocycles. The van der Waals surface area contributed by atoms with E-state index in [1.807, 2.05) is 24.3 Å². The highest BCUT2D eigenvalue weighted by Crippen LogP contribution is 2.29. The Bertz CT molecular complexity index is 1020. The van der Waals surface area contributed by atoms with Gasteiger partial charge < -0.3 is 4.90 Å². The first-order chi connectivity index (χ1) is 12.7. The fourth-order valence-electron chi connectivity index (χ4n) is 2.92. The Morgan fingerprint density at radius 2 is 1.58 bits per heavy atom. The SMILES string of the molecule is CCN(CC)c1ccc(-c2nn3c(-c4ccc(Cl)cc4)nnc3s2)cc1. The molecule has 0 aliphatic rings. The van der Waals surface area contributed by atoms with E-state index in [0.717, 1.165) is 40.0 Å². The zero-order valence-corrected chi connectivity index (χ0v) is 16.1. The Balaban J connectivity index is 1.69. The van der Waals surface area contributed by atoms with Gasteiger partial charge in [0.2, 0.25) is 4.96 Å². The lowest BCUT2D eigenvalue weighted by Gasteiger charge is -2.20. The van der Waals surface area contributed by atoms with Crippen LogP contribution in [0.25, 0.3) is 26.9 Å². The summed E-state index contributed by atoms with van der Waals surface area (Å²) >= 11 is 7.50. The van der Waals surface area contributed by atoms with Crippen molar-refractivity contribution in [2.75, 3.05) is 18.0 Å². The van der Waals surface area contributed by atoms with Crippen LogP contribution in [0.2, 0.25) is 5.02 Å². The molecule has 0 atom stereocenters. The highest BCUT2D eigenvalue weighted by atomic mass is 35.5. The quantitative estimate of drug-likeness (QED) is 0.485. The fraction of sp³-hybridized carbons (Fsp3) is 0.211. The van der Waals surface area contributed by atoms with Gasteiger partial charge in [0.25, 0.3) is 0 Å². The van der Waals surface area contributed by atoms with Crippen LogP contribution < -0.4 is 4.90 Å². The summed E-state index contributed by atoms with van der Waals surface area (Å²) in [6.07, 6.45) is 0. The second kappa shape index (κ2) is 7.05. The van der Waals surface area contributed by atoms with E-state index in [1.165, 1.54) is 17.0 Å². The molecule has 26 heavy (non-hydrogen) atoms. The van der Waals surface area contributed by atoms with Gasteiger partial charge >= 0.3 is 0 Å². The Morgan fingerprint density at radius 3 is 2.23 bits per heavy atom. The highest BCUT2D eigenvalue weighted by Gasteiger charge is 2.14. The molecule has 4 rings (SSSR count). The summed E-state index contributed by atoms with van der Waals surface area (Å²) in [4.78, 5) is 3.10. The van der Waals surface area contributed by atoms with Crippen molar-refractivity contribution in [3.8, 4) is 22.0 Å². The van der Waals surface area contributed by atoms with Gasteiger partial charge in [-0.05, 0) is 62.4 Å².